The minimum atomic E-state index is -0.220. The summed E-state index contributed by atoms with van der Waals surface area (Å²) in [4.78, 5) is 11.6. The van der Waals surface area contributed by atoms with Gasteiger partial charge in [0.25, 0.3) is 0 Å². The van der Waals surface area contributed by atoms with Crippen LogP contribution >= 0.6 is 12.2 Å². The van der Waals surface area contributed by atoms with Gasteiger partial charge in [0, 0.05) is 38.4 Å². The average Bonchev–Trinajstić information content (AvgIpc) is 3.27. The number of benzene rings is 2. The molecule has 0 bridgehead atoms. The van der Waals surface area contributed by atoms with Gasteiger partial charge in [0.1, 0.15) is 5.82 Å². The van der Waals surface area contributed by atoms with Crippen LogP contribution in [0.3, 0.4) is 0 Å². The molecule has 3 heterocycles. The summed E-state index contributed by atoms with van der Waals surface area (Å²) < 4.78 is 15.6. The molecule has 37 heavy (non-hydrogen) atoms. The zero-order valence-corrected chi connectivity index (χ0v) is 21.6. The SMILES string of the molecule is Fc1ccc(Cn2c(NC3CCN(CCNC(=S)NCc4ccccn4)CC3)nc3ccccc32)cc1. The third-order valence-electron chi connectivity index (χ3n) is 6.70. The number of imidazole rings is 1. The van der Waals surface area contributed by atoms with Crippen molar-refractivity contribution in [1.82, 2.24) is 30.1 Å². The molecule has 0 atom stereocenters. The maximum Gasteiger partial charge on any atom is 0.204 e. The van der Waals surface area contributed by atoms with Gasteiger partial charge >= 0.3 is 0 Å². The topological polar surface area (TPSA) is 70.0 Å². The van der Waals surface area contributed by atoms with Gasteiger partial charge in [-0.3, -0.25) is 4.98 Å². The van der Waals surface area contributed by atoms with Gasteiger partial charge in [0.2, 0.25) is 5.95 Å². The highest BCUT2D eigenvalue weighted by molar-refractivity contribution is 7.80. The Labute approximate surface area is 222 Å². The number of hydrogen-bond donors (Lipinski definition) is 3. The van der Waals surface area contributed by atoms with Crippen LogP contribution in [-0.2, 0) is 13.1 Å². The van der Waals surface area contributed by atoms with Crippen molar-refractivity contribution in [3.05, 3.63) is 90.0 Å². The molecular weight excluding hydrogens is 485 g/mol. The predicted molar refractivity (Wildman–Crippen MR) is 150 cm³/mol. The van der Waals surface area contributed by atoms with Crippen molar-refractivity contribution in [1.29, 1.82) is 0 Å². The number of nitrogens with zero attached hydrogens (tertiary/aromatic N) is 4. The van der Waals surface area contributed by atoms with E-state index in [0.29, 0.717) is 24.2 Å². The van der Waals surface area contributed by atoms with Gasteiger partial charge in [-0.15, -0.1) is 0 Å². The fraction of sp³-hybridized carbons (Fsp3) is 0.321. The maximum atomic E-state index is 13.4. The number of hydrogen-bond acceptors (Lipinski definition) is 5. The number of likely N-dealkylation sites (tertiary alicyclic amines) is 1. The maximum absolute atomic E-state index is 13.4. The summed E-state index contributed by atoms with van der Waals surface area (Å²) in [5.41, 5.74) is 4.04. The van der Waals surface area contributed by atoms with Crippen molar-refractivity contribution in [2.24, 2.45) is 0 Å². The van der Waals surface area contributed by atoms with E-state index in [4.69, 9.17) is 17.2 Å². The van der Waals surface area contributed by atoms with Gasteiger partial charge in [-0.05, 0) is 67.0 Å². The molecular formula is C28H32FN7S. The van der Waals surface area contributed by atoms with Gasteiger partial charge < -0.3 is 25.4 Å². The van der Waals surface area contributed by atoms with Crippen molar-refractivity contribution in [2.45, 2.75) is 32.0 Å². The molecule has 1 aliphatic rings. The Balaban J connectivity index is 1.10. The Morgan fingerprint density at radius 3 is 2.54 bits per heavy atom. The van der Waals surface area contributed by atoms with Crippen LogP contribution in [0.15, 0.2) is 72.9 Å². The number of rotatable bonds is 9. The molecule has 3 N–H and O–H groups in total. The van der Waals surface area contributed by atoms with Gasteiger partial charge in [0.15, 0.2) is 5.11 Å². The van der Waals surface area contributed by atoms with Crippen LogP contribution in [0.2, 0.25) is 0 Å². The molecule has 7 nitrogen and oxygen atoms in total. The fourth-order valence-corrected chi connectivity index (χ4v) is 4.84. The molecule has 4 aromatic rings. The van der Waals surface area contributed by atoms with E-state index in [9.17, 15) is 4.39 Å². The first kappa shape index (κ1) is 25.1. The predicted octanol–water partition coefficient (Wildman–Crippen LogP) is 4.16. The molecule has 1 aliphatic heterocycles. The van der Waals surface area contributed by atoms with Gasteiger partial charge in [-0.2, -0.15) is 0 Å². The number of thiocarbonyl (C=S) groups is 1. The molecule has 9 heteroatoms. The van der Waals surface area contributed by atoms with E-state index in [1.165, 1.54) is 12.1 Å². The molecule has 0 unspecified atom stereocenters. The first-order valence-corrected chi connectivity index (χ1v) is 13.1. The lowest BCUT2D eigenvalue weighted by atomic mass is 10.1. The monoisotopic (exact) mass is 517 g/mol. The van der Waals surface area contributed by atoms with E-state index < -0.39 is 0 Å². The highest BCUT2D eigenvalue weighted by Gasteiger charge is 2.21. The second-order valence-corrected chi connectivity index (χ2v) is 9.74. The number of para-hydroxylation sites is 2. The minimum absolute atomic E-state index is 0.220. The van der Waals surface area contributed by atoms with E-state index in [1.54, 1.807) is 6.20 Å². The van der Waals surface area contributed by atoms with E-state index in [-0.39, 0.29) is 5.82 Å². The van der Waals surface area contributed by atoms with E-state index >= 15 is 0 Å². The van der Waals surface area contributed by atoms with Crippen LogP contribution in [0.4, 0.5) is 10.3 Å². The third kappa shape index (κ3) is 6.81. The zero-order chi connectivity index (χ0) is 25.5. The van der Waals surface area contributed by atoms with Gasteiger partial charge in [-0.25, -0.2) is 9.37 Å². The lowest BCUT2D eigenvalue weighted by molar-refractivity contribution is 0.222. The molecule has 2 aromatic heterocycles. The second kappa shape index (κ2) is 12.1. The summed E-state index contributed by atoms with van der Waals surface area (Å²) >= 11 is 5.40. The number of halogens is 1. The zero-order valence-electron chi connectivity index (χ0n) is 20.7. The molecule has 5 rings (SSSR count). The second-order valence-electron chi connectivity index (χ2n) is 9.33. The van der Waals surface area contributed by atoms with Crippen LogP contribution in [-0.4, -0.2) is 56.8 Å². The quantitative estimate of drug-likeness (QED) is 0.288. The Morgan fingerprint density at radius 1 is 0.973 bits per heavy atom. The van der Waals surface area contributed by atoms with Crippen molar-refractivity contribution < 1.29 is 4.39 Å². The van der Waals surface area contributed by atoms with Gasteiger partial charge in [0.05, 0.1) is 29.8 Å². The molecule has 0 radical (unpaired) electrons. The Morgan fingerprint density at radius 2 is 1.76 bits per heavy atom. The average molecular weight is 518 g/mol. The first-order chi connectivity index (χ1) is 18.1. The summed E-state index contributed by atoms with van der Waals surface area (Å²) in [7, 11) is 0. The number of nitrogens with one attached hydrogen (secondary N) is 3. The third-order valence-corrected chi connectivity index (χ3v) is 6.99. The molecule has 0 aliphatic carbocycles. The standard InChI is InChI=1S/C28H32FN7S/c29-22-10-8-21(9-11-22)20-36-26-7-2-1-6-25(26)34-27(36)33-23-12-16-35(17-13-23)18-15-31-28(37)32-19-24-5-3-4-14-30-24/h1-11,14,23H,12-13,15-20H2,(H,33,34)(H2,31,32,37). The lowest BCUT2D eigenvalue weighted by Gasteiger charge is -2.32. The van der Waals surface area contributed by atoms with Crippen molar-refractivity contribution >= 4 is 34.3 Å². The first-order valence-electron chi connectivity index (χ1n) is 12.7. The fourth-order valence-electron chi connectivity index (χ4n) is 4.67. The summed E-state index contributed by atoms with van der Waals surface area (Å²) in [6, 6.07) is 21.1. The largest absolute Gasteiger partial charge is 0.361 e. The van der Waals surface area contributed by atoms with E-state index in [1.807, 2.05) is 48.5 Å². The number of pyridine rings is 1. The number of aromatic nitrogens is 3. The van der Waals surface area contributed by atoms with Crippen molar-refractivity contribution in [2.75, 3.05) is 31.5 Å². The molecule has 192 valence electrons. The van der Waals surface area contributed by atoms with E-state index in [2.05, 4.69) is 36.5 Å². The van der Waals surface area contributed by atoms with Crippen molar-refractivity contribution in [3.63, 3.8) is 0 Å². The summed E-state index contributed by atoms with van der Waals surface area (Å²) in [6.07, 6.45) is 3.87. The highest BCUT2D eigenvalue weighted by Crippen LogP contribution is 2.24. The summed E-state index contributed by atoms with van der Waals surface area (Å²) in [5, 5.41) is 10.9. The molecule has 1 fully saturated rings. The van der Waals surface area contributed by atoms with Crippen LogP contribution in [0, 0.1) is 5.82 Å². The lowest BCUT2D eigenvalue weighted by Crippen LogP contribution is -2.44. The molecule has 0 saturated carbocycles. The molecule has 2 aromatic carbocycles. The summed E-state index contributed by atoms with van der Waals surface area (Å²) in [6.45, 7) is 5.05. The van der Waals surface area contributed by atoms with Crippen LogP contribution in [0.25, 0.3) is 11.0 Å². The Bertz CT molecular complexity index is 1300. The number of anilines is 1. The summed E-state index contributed by atoms with van der Waals surface area (Å²) in [5.74, 6) is 0.650. The van der Waals surface area contributed by atoms with E-state index in [0.717, 1.165) is 67.3 Å². The molecule has 1 saturated heterocycles. The normalized spacial score (nSPS) is 14.5. The van der Waals surface area contributed by atoms with Crippen LogP contribution < -0.4 is 16.0 Å². The van der Waals surface area contributed by atoms with Crippen molar-refractivity contribution in [3.8, 4) is 0 Å². The number of fused-ring (bicyclic) bond motifs is 1. The molecule has 0 amide bonds. The Hall–Kier alpha value is -3.56. The van der Waals surface area contributed by atoms with Gasteiger partial charge in [-0.1, -0.05) is 30.3 Å². The smallest absolute Gasteiger partial charge is 0.204 e. The minimum Gasteiger partial charge on any atom is -0.361 e. The number of piperidine rings is 1. The van der Waals surface area contributed by atoms with Crippen LogP contribution in [0.5, 0.6) is 0 Å². The highest BCUT2D eigenvalue weighted by atomic mass is 32.1. The Kier molecular flexibility index (Phi) is 8.22. The molecule has 0 spiro atoms. The van der Waals surface area contributed by atoms with Crippen LogP contribution in [0.1, 0.15) is 24.1 Å².